The van der Waals surface area contributed by atoms with E-state index in [0.29, 0.717) is 10.7 Å². The van der Waals surface area contributed by atoms with Gasteiger partial charge in [0, 0.05) is 20.2 Å². The largest absolute Gasteiger partial charge is 0.382 e. The molecule has 2 unspecified atom stereocenters. The molecule has 0 radical (unpaired) electrons. The minimum Gasteiger partial charge on any atom is -0.382 e. The first-order valence-electron chi connectivity index (χ1n) is 7.45. The first-order chi connectivity index (χ1) is 10.1. The molecule has 1 aromatic rings. The van der Waals surface area contributed by atoms with Gasteiger partial charge in [-0.2, -0.15) is 0 Å². The maximum Gasteiger partial charge on any atom is 0.265 e. The van der Waals surface area contributed by atoms with Gasteiger partial charge in [0.15, 0.2) is 5.13 Å². The number of thiazole rings is 1. The quantitative estimate of drug-likeness (QED) is 0.838. The average molecular weight is 312 g/mol. The van der Waals surface area contributed by atoms with Gasteiger partial charge in [-0.1, -0.05) is 11.3 Å². The van der Waals surface area contributed by atoms with Gasteiger partial charge in [0.1, 0.15) is 10.7 Å². The minimum atomic E-state index is -0.141. The summed E-state index contributed by atoms with van der Waals surface area (Å²) in [4.78, 5) is 19.3. The van der Waals surface area contributed by atoms with E-state index >= 15 is 0 Å². The lowest BCUT2D eigenvalue weighted by molar-refractivity contribution is 0.0725. The third-order valence-corrected chi connectivity index (χ3v) is 5.08. The van der Waals surface area contributed by atoms with Gasteiger partial charge in [0.2, 0.25) is 0 Å². The van der Waals surface area contributed by atoms with E-state index in [1.54, 1.807) is 7.11 Å². The average Bonchev–Trinajstić information content (AvgIpc) is 3.07. The van der Waals surface area contributed by atoms with E-state index < -0.39 is 0 Å². The van der Waals surface area contributed by atoms with Crippen LogP contribution in [0.4, 0.5) is 10.9 Å². The third-order valence-electron chi connectivity index (χ3n) is 3.95. The summed E-state index contributed by atoms with van der Waals surface area (Å²) in [6.07, 6.45) is 3.12. The van der Waals surface area contributed by atoms with E-state index in [2.05, 4.69) is 29.0 Å². The Kier molecular flexibility index (Phi) is 5.41. The molecule has 1 aliphatic carbocycles. The van der Waals surface area contributed by atoms with Crippen LogP contribution < -0.4 is 16.0 Å². The van der Waals surface area contributed by atoms with Crippen molar-refractivity contribution in [1.29, 1.82) is 0 Å². The number of rotatable bonds is 6. The molecule has 1 amide bonds. The summed E-state index contributed by atoms with van der Waals surface area (Å²) in [5, 5.41) is 3.84. The Morgan fingerprint density at radius 1 is 1.48 bits per heavy atom. The zero-order valence-electron chi connectivity index (χ0n) is 12.9. The van der Waals surface area contributed by atoms with Crippen LogP contribution in [-0.4, -0.2) is 43.2 Å². The molecule has 0 aliphatic heterocycles. The number of carbonyl (C=O) groups is 1. The van der Waals surface area contributed by atoms with Gasteiger partial charge >= 0.3 is 0 Å². The van der Waals surface area contributed by atoms with Crippen LogP contribution in [0.25, 0.3) is 0 Å². The predicted molar refractivity (Wildman–Crippen MR) is 86.0 cm³/mol. The molecule has 118 valence electrons. The van der Waals surface area contributed by atoms with E-state index in [1.165, 1.54) is 11.3 Å². The number of nitrogens with one attached hydrogen (secondary N) is 1. The number of nitrogen functional groups attached to an aromatic ring is 1. The lowest BCUT2D eigenvalue weighted by Gasteiger charge is -2.19. The molecule has 1 heterocycles. The maximum atomic E-state index is 12.4. The van der Waals surface area contributed by atoms with Crippen molar-refractivity contribution in [1.82, 2.24) is 10.3 Å². The van der Waals surface area contributed by atoms with Crippen molar-refractivity contribution in [2.24, 2.45) is 0 Å². The van der Waals surface area contributed by atoms with Gasteiger partial charge in [-0.3, -0.25) is 4.79 Å². The molecular formula is C14H24N4O2S. The van der Waals surface area contributed by atoms with Crippen LogP contribution in [0.15, 0.2) is 0 Å². The minimum absolute atomic E-state index is 0.0703. The highest BCUT2D eigenvalue weighted by molar-refractivity contribution is 7.18. The van der Waals surface area contributed by atoms with Crippen molar-refractivity contribution in [3.8, 4) is 0 Å². The molecule has 7 heteroatoms. The first-order valence-corrected chi connectivity index (χ1v) is 8.27. The highest BCUT2D eigenvalue weighted by Crippen LogP contribution is 2.29. The molecule has 1 saturated carbocycles. The number of nitrogens with zero attached hydrogens (tertiary/aromatic N) is 2. The summed E-state index contributed by atoms with van der Waals surface area (Å²) in [6, 6.07) is 0.0703. The van der Waals surface area contributed by atoms with Gasteiger partial charge in [-0.25, -0.2) is 4.98 Å². The van der Waals surface area contributed by atoms with Crippen LogP contribution in [0.3, 0.4) is 0 Å². The van der Waals surface area contributed by atoms with Crippen molar-refractivity contribution >= 4 is 28.2 Å². The Bertz CT molecular complexity index is 487. The Hall–Kier alpha value is -1.34. The van der Waals surface area contributed by atoms with Gasteiger partial charge in [-0.05, 0) is 33.1 Å². The van der Waals surface area contributed by atoms with Crippen molar-refractivity contribution in [2.45, 2.75) is 45.3 Å². The molecule has 1 aliphatic rings. The molecule has 21 heavy (non-hydrogen) atoms. The second-order valence-electron chi connectivity index (χ2n) is 5.17. The number of anilines is 2. The summed E-state index contributed by atoms with van der Waals surface area (Å²) >= 11 is 1.35. The van der Waals surface area contributed by atoms with Gasteiger partial charge in [0.05, 0.1) is 12.1 Å². The summed E-state index contributed by atoms with van der Waals surface area (Å²) in [5.41, 5.74) is 5.91. The standard InChI is InChI=1S/C14H24N4O2S/c1-4-18(5-2)14-17-12(15)11(21-14)13(19)16-9-7-6-8-10(9)20-3/h9-10H,4-8,15H2,1-3H3,(H,16,19). The zero-order chi connectivity index (χ0) is 15.4. The Morgan fingerprint density at radius 3 is 2.81 bits per heavy atom. The smallest absolute Gasteiger partial charge is 0.265 e. The fourth-order valence-electron chi connectivity index (χ4n) is 2.72. The molecule has 1 aromatic heterocycles. The van der Waals surface area contributed by atoms with Crippen LogP contribution in [-0.2, 0) is 4.74 Å². The fraction of sp³-hybridized carbons (Fsp3) is 0.714. The molecular weight excluding hydrogens is 288 g/mol. The van der Waals surface area contributed by atoms with Gasteiger partial charge in [0.25, 0.3) is 5.91 Å². The van der Waals surface area contributed by atoms with E-state index in [4.69, 9.17) is 10.5 Å². The van der Waals surface area contributed by atoms with E-state index in [-0.39, 0.29) is 18.1 Å². The van der Waals surface area contributed by atoms with Crippen molar-refractivity contribution in [3.05, 3.63) is 4.88 Å². The molecule has 2 atom stereocenters. The number of ether oxygens (including phenoxy) is 1. The number of aromatic nitrogens is 1. The van der Waals surface area contributed by atoms with E-state index in [0.717, 1.165) is 37.5 Å². The van der Waals surface area contributed by atoms with E-state index in [9.17, 15) is 4.79 Å². The Morgan fingerprint density at radius 2 is 2.19 bits per heavy atom. The van der Waals surface area contributed by atoms with Gasteiger partial charge in [-0.15, -0.1) is 0 Å². The van der Waals surface area contributed by atoms with Crippen LogP contribution in [0.1, 0.15) is 42.8 Å². The zero-order valence-corrected chi connectivity index (χ0v) is 13.7. The van der Waals surface area contributed by atoms with Crippen LogP contribution >= 0.6 is 11.3 Å². The molecule has 0 aromatic carbocycles. The number of carbonyl (C=O) groups excluding carboxylic acids is 1. The SMILES string of the molecule is CCN(CC)c1nc(N)c(C(=O)NC2CCCC2OC)s1. The van der Waals surface area contributed by atoms with Crippen LogP contribution in [0, 0.1) is 0 Å². The maximum absolute atomic E-state index is 12.4. The van der Waals surface area contributed by atoms with E-state index in [1.807, 2.05) is 0 Å². The number of nitrogens with two attached hydrogens (primary N) is 1. The predicted octanol–water partition coefficient (Wildman–Crippen LogP) is 1.87. The molecule has 0 spiro atoms. The number of methoxy groups -OCH3 is 1. The fourth-order valence-corrected chi connectivity index (χ4v) is 3.74. The number of hydrogen-bond donors (Lipinski definition) is 2. The topological polar surface area (TPSA) is 80.5 Å². The summed E-state index contributed by atoms with van der Waals surface area (Å²) in [7, 11) is 1.69. The molecule has 0 saturated heterocycles. The highest BCUT2D eigenvalue weighted by atomic mass is 32.1. The van der Waals surface area contributed by atoms with Gasteiger partial charge < -0.3 is 20.7 Å². The summed E-state index contributed by atoms with van der Waals surface area (Å²) in [5.74, 6) is 0.170. The summed E-state index contributed by atoms with van der Waals surface area (Å²) in [6.45, 7) is 5.81. The highest BCUT2D eigenvalue weighted by Gasteiger charge is 2.30. The third kappa shape index (κ3) is 3.47. The molecule has 1 fully saturated rings. The molecule has 6 nitrogen and oxygen atoms in total. The normalized spacial score (nSPS) is 21.5. The molecule has 0 bridgehead atoms. The van der Waals surface area contributed by atoms with Crippen molar-refractivity contribution < 1.29 is 9.53 Å². The lowest BCUT2D eigenvalue weighted by Crippen LogP contribution is -2.40. The van der Waals surface area contributed by atoms with Crippen molar-refractivity contribution in [3.63, 3.8) is 0 Å². The summed E-state index contributed by atoms with van der Waals surface area (Å²) < 4.78 is 5.40. The van der Waals surface area contributed by atoms with Crippen LogP contribution in [0.5, 0.6) is 0 Å². The lowest BCUT2D eigenvalue weighted by atomic mass is 10.2. The van der Waals surface area contributed by atoms with Crippen LogP contribution in [0.2, 0.25) is 0 Å². The monoisotopic (exact) mass is 312 g/mol. The number of hydrogen-bond acceptors (Lipinski definition) is 6. The van der Waals surface area contributed by atoms with Crippen molar-refractivity contribution in [2.75, 3.05) is 30.8 Å². The Balaban J connectivity index is 2.09. The number of amides is 1. The molecule has 3 N–H and O–H groups in total. The first kappa shape index (κ1) is 16.0. The second kappa shape index (κ2) is 7.09. The molecule has 2 rings (SSSR count). The second-order valence-corrected chi connectivity index (χ2v) is 6.15. The Labute approximate surface area is 129 Å².